The summed E-state index contributed by atoms with van der Waals surface area (Å²) >= 11 is 12.6. The third-order valence-electron chi connectivity index (χ3n) is 6.05. The highest BCUT2D eigenvalue weighted by molar-refractivity contribution is 7.92. The highest BCUT2D eigenvalue weighted by Crippen LogP contribution is 2.35. The third-order valence-corrected chi connectivity index (χ3v) is 8.63. The summed E-state index contributed by atoms with van der Waals surface area (Å²) < 4.78 is 43.3. The first-order valence-corrected chi connectivity index (χ1v) is 14.7. The Balaban J connectivity index is 2.09. The quantitative estimate of drug-likeness (QED) is 0.325. The van der Waals surface area contributed by atoms with Crippen molar-refractivity contribution in [2.75, 3.05) is 10.8 Å². The SMILES string of the molecule is Cc1ccc(S(=O)(=O)N(CC(=O)N(Cc2ccccc2F)[C@H](C)C(=O)NC(C)(C)C)c2cccc(Cl)c2Cl)cc1. The van der Waals surface area contributed by atoms with E-state index in [1.807, 2.05) is 6.92 Å². The van der Waals surface area contributed by atoms with Crippen molar-refractivity contribution in [3.8, 4) is 0 Å². The minimum atomic E-state index is -4.33. The smallest absolute Gasteiger partial charge is 0.264 e. The first kappa shape index (κ1) is 31.4. The number of halogens is 3. The Hall–Kier alpha value is -3.14. The monoisotopic (exact) mass is 607 g/mol. The van der Waals surface area contributed by atoms with Gasteiger partial charge in [0.15, 0.2) is 0 Å². The lowest BCUT2D eigenvalue weighted by Gasteiger charge is -2.33. The predicted octanol–water partition coefficient (Wildman–Crippen LogP) is 5.97. The van der Waals surface area contributed by atoms with Crippen molar-refractivity contribution in [2.24, 2.45) is 0 Å². The van der Waals surface area contributed by atoms with E-state index in [4.69, 9.17) is 23.2 Å². The molecular weight excluding hydrogens is 576 g/mol. The van der Waals surface area contributed by atoms with Gasteiger partial charge in [-0.15, -0.1) is 0 Å². The molecule has 1 atom stereocenters. The number of carbonyl (C=O) groups is 2. The second-order valence-corrected chi connectivity index (χ2v) is 13.1. The number of rotatable bonds is 9. The van der Waals surface area contributed by atoms with E-state index in [-0.39, 0.29) is 32.7 Å². The highest BCUT2D eigenvalue weighted by atomic mass is 35.5. The van der Waals surface area contributed by atoms with Crippen LogP contribution >= 0.6 is 23.2 Å². The van der Waals surface area contributed by atoms with Crippen LogP contribution in [0.1, 0.15) is 38.8 Å². The summed E-state index contributed by atoms with van der Waals surface area (Å²) in [6.07, 6.45) is 0. The maximum absolute atomic E-state index is 14.6. The van der Waals surface area contributed by atoms with E-state index < -0.39 is 45.8 Å². The number of hydrogen-bond acceptors (Lipinski definition) is 4. The molecule has 3 aromatic rings. The molecule has 214 valence electrons. The molecule has 0 saturated carbocycles. The molecule has 7 nitrogen and oxygen atoms in total. The Morgan fingerprint density at radius 3 is 2.20 bits per heavy atom. The molecule has 0 aromatic heterocycles. The summed E-state index contributed by atoms with van der Waals surface area (Å²) in [7, 11) is -4.33. The fraction of sp³-hybridized carbons (Fsp3) is 0.310. The lowest BCUT2D eigenvalue weighted by atomic mass is 10.1. The zero-order valence-corrected chi connectivity index (χ0v) is 25.2. The second-order valence-electron chi connectivity index (χ2n) is 10.4. The Bertz CT molecular complexity index is 1490. The molecule has 11 heteroatoms. The number of sulfonamides is 1. The minimum Gasteiger partial charge on any atom is -0.350 e. The van der Waals surface area contributed by atoms with Crippen LogP contribution in [0.25, 0.3) is 0 Å². The topological polar surface area (TPSA) is 86.8 Å². The van der Waals surface area contributed by atoms with E-state index in [1.165, 1.54) is 55.5 Å². The molecule has 0 aliphatic carbocycles. The van der Waals surface area contributed by atoms with E-state index in [9.17, 15) is 22.4 Å². The van der Waals surface area contributed by atoms with Crippen molar-refractivity contribution in [3.63, 3.8) is 0 Å². The molecule has 40 heavy (non-hydrogen) atoms. The summed E-state index contributed by atoms with van der Waals surface area (Å²) in [6.45, 7) is 7.69. The van der Waals surface area contributed by atoms with Gasteiger partial charge in [-0.1, -0.05) is 65.2 Å². The standard InChI is InChI=1S/C29H32Cl2FN3O4S/c1-19-13-15-22(16-14-19)40(38,39)35(25-12-8-10-23(30)27(25)31)18-26(36)34(17-21-9-6-7-11-24(21)32)20(2)28(37)33-29(3,4)5/h6-16,20H,17-18H2,1-5H3,(H,33,37)/t20-/m1/s1. The Morgan fingerprint density at radius 2 is 1.60 bits per heavy atom. The lowest BCUT2D eigenvalue weighted by Crippen LogP contribution is -2.54. The van der Waals surface area contributed by atoms with Crippen molar-refractivity contribution in [1.82, 2.24) is 10.2 Å². The summed E-state index contributed by atoms with van der Waals surface area (Å²) in [5, 5.41) is 2.85. The zero-order valence-electron chi connectivity index (χ0n) is 22.9. The molecule has 0 radical (unpaired) electrons. The summed E-state index contributed by atoms with van der Waals surface area (Å²) in [6, 6.07) is 15.4. The number of hydrogen-bond donors (Lipinski definition) is 1. The van der Waals surface area contributed by atoms with Crippen LogP contribution in [-0.4, -0.2) is 43.3 Å². The van der Waals surface area contributed by atoms with Crippen LogP contribution in [0.3, 0.4) is 0 Å². The number of aryl methyl sites for hydroxylation is 1. The average molecular weight is 609 g/mol. The molecule has 2 amide bonds. The van der Waals surface area contributed by atoms with E-state index in [2.05, 4.69) is 5.32 Å². The van der Waals surface area contributed by atoms with Gasteiger partial charge in [-0.2, -0.15) is 0 Å². The van der Waals surface area contributed by atoms with Gasteiger partial charge in [-0.05, 0) is 65.0 Å². The number of anilines is 1. The minimum absolute atomic E-state index is 0.0132. The van der Waals surface area contributed by atoms with Crippen LogP contribution in [0.4, 0.5) is 10.1 Å². The van der Waals surface area contributed by atoms with Gasteiger partial charge >= 0.3 is 0 Å². The number of benzene rings is 3. The molecule has 1 N–H and O–H groups in total. The summed E-state index contributed by atoms with van der Waals surface area (Å²) in [4.78, 5) is 28.1. The molecule has 0 fully saturated rings. The summed E-state index contributed by atoms with van der Waals surface area (Å²) in [5.41, 5.74) is 0.394. The van der Waals surface area contributed by atoms with Crippen LogP contribution in [-0.2, 0) is 26.2 Å². The molecule has 0 spiro atoms. The molecular formula is C29H32Cl2FN3O4S. The van der Waals surface area contributed by atoms with Crippen LogP contribution in [0, 0.1) is 12.7 Å². The molecule has 0 aliphatic heterocycles. The van der Waals surface area contributed by atoms with Gasteiger partial charge in [0, 0.05) is 17.6 Å². The predicted molar refractivity (Wildman–Crippen MR) is 156 cm³/mol. The van der Waals surface area contributed by atoms with Gasteiger partial charge in [0.25, 0.3) is 10.0 Å². The number of nitrogens with zero attached hydrogens (tertiary/aromatic N) is 2. The van der Waals surface area contributed by atoms with Crippen LogP contribution in [0.5, 0.6) is 0 Å². The van der Waals surface area contributed by atoms with Crippen molar-refractivity contribution < 1.29 is 22.4 Å². The molecule has 0 heterocycles. The maximum Gasteiger partial charge on any atom is 0.264 e. The molecule has 3 aromatic carbocycles. The van der Waals surface area contributed by atoms with Gasteiger partial charge < -0.3 is 10.2 Å². The summed E-state index contributed by atoms with van der Waals surface area (Å²) in [5.74, 6) is -1.79. The Labute approximate surface area is 244 Å². The van der Waals surface area contributed by atoms with Crippen molar-refractivity contribution in [1.29, 1.82) is 0 Å². The van der Waals surface area contributed by atoms with E-state index >= 15 is 0 Å². The van der Waals surface area contributed by atoms with Gasteiger partial charge in [-0.3, -0.25) is 13.9 Å². The molecule has 0 aliphatic rings. The maximum atomic E-state index is 14.6. The van der Waals surface area contributed by atoms with Crippen LogP contribution in [0.15, 0.2) is 71.6 Å². The van der Waals surface area contributed by atoms with Crippen molar-refractivity contribution in [3.05, 3.63) is 93.7 Å². The molecule has 0 saturated heterocycles. The average Bonchev–Trinajstić information content (AvgIpc) is 2.87. The van der Waals surface area contributed by atoms with Gasteiger partial charge in [0.2, 0.25) is 11.8 Å². The third kappa shape index (κ3) is 7.53. The van der Waals surface area contributed by atoms with E-state index in [0.29, 0.717) is 0 Å². The Morgan fingerprint density at radius 1 is 0.975 bits per heavy atom. The van der Waals surface area contributed by atoms with E-state index in [0.717, 1.165) is 14.8 Å². The van der Waals surface area contributed by atoms with Gasteiger partial charge in [0.05, 0.1) is 20.6 Å². The molecule has 0 bridgehead atoms. The first-order chi connectivity index (χ1) is 18.6. The second kappa shape index (κ2) is 12.6. The molecule has 0 unspecified atom stereocenters. The highest BCUT2D eigenvalue weighted by Gasteiger charge is 2.34. The molecule has 3 rings (SSSR count). The van der Waals surface area contributed by atoms with Crippen molar-refractivity contribution in [2.45, 2.75) is 57.6 Å². The largest absolute Gasteiger partial charge is 0.350 e. The fourth-order valence-electron chi connectivity index (χ4n) is 3.90. The number of nitrogens with one attached hydrogen (secondary N) is 1. The number of carbonyl (C=O) groups excluding carboxylic acids is 2. The first-order valence-electron chi connectivity index (χ1n) is 12.5. The van der Waals surface area contributed by atoms with Gasteiger partial charge in [0.1, 0.15) is 18.4 Å². The lowest BCUT2D eigenvalue weighted by molar-refractivity contribution is -0.140. The van der Waals surface area contributed by atoms with Crippen LogP contribution in [0.2, 0.25) is 10.0 Å². The number of amides is 2. The normalized spacial score (nSPS) is 12.5. The van der Waals surface area contributed by atoms with Crippen molar-refractivity contribution >= 4 is 50.7 Å². The van der Waals surface area contributed by atoms with E-state index in [1.54, 1.807) is 39.0 Å². The fourth-order valence-corrected chi connectivity index (χ4v) is 5.78. The zero-order chi connectivity index (χ0) is 29.8. The Kier molecular flexibility index (Phi) is 9.87. The van der Waals surface area contributed by atoms with Crippen LogP contribution < -0.4 is 9.62 Å². The van der Waals surface area contributed by atoms with Gasteiger partial charge in [-0.25, -0.2) is 12.8 Å².